The number of aromatic nitrogens is 2. The van der Waals surface area contributed by atoms with Crippen LogP contribution in [0, 0.1) is 5.92 Å². The van der Waals surface area contributed by atoms with Gasteiger partial charge in [0.1, 0.15) is 5.60 Å². The van der Waals surface area contributed by atoms with Gasteiger partial charge < -0.3 is 14.6 Å². The van der Waals surface area contributed by atoms with E-state index in [1.165, 1.54) is 12.8 Å². The van der Waals surface area contributed by atoms with Crippen molar-refractivity contribution in [2.24, 2.45) is 5.92 Å². The molecule has 1 aliphatic rings. The van der Waals surface area contributed by atoms with Crippen LogP contribution in [0.25, 0.3) is 0 Å². The summed E-state index contributed by atoms with van der Waals surface area (Å²) in [4.78, 5) is 4.48. The number of nitrogens with one attached hydrogen (secondary N) is 1. The van der Waals surface area contributed by atoms with Crippen LogP contribution in [0.2, 0.25) is 0 Å². The molecule has 18 heavy (non-hydrogen) atoms. The molecule has 1 N–H and O–H groups in total. The van der Waals surface area contributed by atoms with Crippen molar-refractivity contribution in [1.29, 1.82) is 0 Å². The molecule has 1 aliphatic carbocycles. The molecule has 0 amide bonds. The lowest BCUT2D eigenvalue weighted by molar-refractivity contribution is -0.0106. The maximum Gasteiger partial charge on any atom is 0.228 e. The van der Waals surface area contributed by atoms with E-state index in [4.69, 9.17) is 9.26 Å². The quantitative estimate of drug-likeness (QED) is 0.804. The fraction of sp³-hybridized carbons (Fsp3) is 0.846. The van der Waals surface area contributed by atoms with Gasteiger partial charge in [0.25, 0.3) is 0 Å². The van der Waals surface area contributed by atoms with Crippen LogP contribution < -0.4 is 5.32 Å². The van der Waals surface area contributed by atoms with Crippen molar-refractivity contribution >= 4 is 0 Å². The fourth-order valence-corrected chi connectivity index (χ4v) is 2.14. The maximum atomic E-state index is 5.48. The van der Waals surface area contributed by atoms with Crippen LogP contribution in [-0.4, -0.2) is 30.3 Å². The van der Waals surface area contributed by atoms with Gasteiger partial charge in [-0.3, -0.25) is 0 Å². The highest BCUT2D eigenvalue weighted by atomic mass is 16.5. The molecule has 1 heterocycles. The van der Waals surface area contributed by atoms with Gasteiger partial charge in [-0.25, -0.2) is 0 Å². The Kier molecular flexibility index (Phi) is 4.02. The van der Waals surface area contributed by atoms with Crippen LogP contribution in [0.5, 0.6) is 0 Å². The third-order valence-electron chi connectivity index (χ3n) is 4.02. The van der Waals surface area contributed by atoms with E-state index in [1.54, 1.807) is 7.11 Å². The van der Waals surface area contributed by atoms with Crippen molar-refractivity contribution in [3.63, 3.8) is 0 Å². The topological polar surface area (TPSA) is 60.2 Å². The summed E-state index contributed by atoms with van der Waals surface area (Å²) in [5.41, 5.74) is -0.448. The molecule has 0 aromatic carbocycles. The molecule has 1 saturated carbocycles. The number of rotatable bonds is 7. The lowest BCUT2D eigenvalue weighted by Crippen LogP contribution is -2.30. The van der Waals surface area contributed by atoms with Gasteiger partial charge in [-0.05, 0) is 39.2 Å². The van der Waals surface area contributed by atoms with E-state index < -0.39 is 5.60 Å². The zero-order valence-electron chi connectivity index (χ0n) is 11.7. The smallest absolute Gasteiger partial charge is 0.228 e. The first-order valence-corrected chi connectivity index (χ1v) is 6.68. The molecule has 1 fully saturated rings. The summed E-state index contributed by atoms with van der Waals surface area (Å²) in [6, 6.07) is 0.453. The second-order valence-electron chi connectivity index (χ2n) is 5.24. The van der Waals surface area contributed by atoms with E-state index in [-0.39, 0.29) is 0 Å². The minimum absolute atomic E-state index is 0.448. The van der Waals surface area contributed by atoms with Gasteiger partial charge in [0, 0.05) is 19.6 Å². The molecule has 1 aromatic heterocycles. The summed E-state index contributed by atoms with van der Waals surface area (Å²) in [5.74, 6) is 2.12. The van der Waals surface area contributed by atoms with Crippen LogP contribution >= 0.6 is 0 Å². The standard InChI is InChI=1S/C13H23N3O2/c1-5-13(2,17-4)12-15-11(18-16-12)8-10(14-3)9-6-7-9/h9-10,14H,5-8H2,1-4H3. The zero-order chi connectivity index (χ0) is 13.2. The SMILES string of the molecule is CCC(C)(OC)c1noc(CC(NC)C2CC2)n1. The van der Waals surface area contributed by atoms with Crippen molar-refractivity contribution in [2.75, 3.05) is 14.2 Å². The van der Waals surface area contributed by atoms with Crippen molar-refractivity contribution in [2.45, 2.75) is 51.2 Å². The molecular weight excluding hydrogens is 230 g/mol. The largest absolute Gasteiger partial charge is 0.370 e. The Morgan fingerprint density at radius 3 is 2.78 bits per heavy atom. The highest BCUT2D eigenvalue weighted by Gasteiger charge is 2.33. The number of methoxy groups -OCH3 is 1. The summed E-state index contributed by atoms with van der Waals surface area (Å²) < 4.78 is 10.8. The van der Waals surface area contributed by atoms with Gasteiger partial charge in [0.15, 0.2) is 0 Å². The highest BCUT2D eigenvalue weighted by Crippen LogP contribution is 2.34. The maximum absolute atomic E-state index is 5.48. The third kappa shape index (κ3) is 2.72. The van der Waals surface area contributed by atoms with Crippen molar-refractivity contribution in [3.05, 3.63) is 11.7 Å². The van der Waals surface area contributed by atoms with Crippen LogP contribution in [-0.2, 0) is 16.8 Å². The minimum atomic E-state index is -0.448. The molecule has 102 valence electrons. The Morgan fingerprint density at radius 2 is 2.28 bits per heavy atom. The van der Waals surface area contributed by atoms with Crippen molar-refractivity contribution < 1.29 is 9.26 Å². The van der Waals surface area contributed by atoms with Crippen LogP contribution in [0.3, 0.4) is 0 Å². The van der Waals surface area contributed by atoms with Gasteiger partial charge >= 0.3 is 0 Å². The molecule has 0 radical (unpaired) electrons. The van der Waals surface area contributed by atoms with E-state index in [0.29, 0.717) is 17.8 Å². The van der Waals surface area contributed by atoms with Crippen molar-refractivity contribution in [1.82, 2.24) is 15.5 Å². The molecular formula is C13H23N3O2. The number of nitrogens with zero attached hydrogens (tertiary/aromatic N) is 2. The van der Waals surface area contributed by atoms with Gasteiger partial charge in [-0.1, -0.05) is 12.1 Å². The van der Waals surface area contributed by atoms with Gasteiger partial charge in [-0.2, -0.15) is 4.98 Å². The van der Waals surface area contributed by atoms with E-state index in [0.717, 1.165) is 18.8 Å². The zero-order valence-corrected chi connectivity index (χ0v) is 11.7. The molecule has 5 heteroatoms. The molecule has 5 nitrogen and oxygen atoms in total. The van der Waals surface area contributed by atoms with Crippen LogP contribution in [0.4, 0.5) is 0 Å². The second-order valence-corrected chi connectivity index (χ2v) is 5.24. The van der Waals surface area contributed by atoms with Crippen LogP contribution in [0.1, 0.15) is 44.8 Å². The Bertz CT molecular complexity index is 383. The van der Waals surface area contributed by atoms with E-state index >= 15 is 0 Å². The second kappa shape index (κ2) is 5.36. The van der Waals surface area contributed by atoms with E-state index in [2.05, 4.69) is 22.4 Å². The predicted octanol–water partition coefficient (Wildman–Crippen LogP) is 1.88. The Balaban J connectivity index is 2.05. The molecule has 2 unspecified atom stereocenters. The number of ether oxygens (including phenoxy) is 1. The summed E-state index contributed by atoms with van der Waals surface area (Å²) >= 11 is 0. The first-order valence-electron chi connectivity index (χ1n) is 6.68. The molecule has 1 aromatic rings. The monoisotopic (exact) mass is 253 g/mol. The normalized spacial score (nSPS) is 20.7. The highest BCUT2D eigenvalue weighted by molar-refractivity contribution is 5.01. The van der Waals surface area contributed by atoms with Gasteiger partial charge in [0.05, 0.1) is 0 Å². The molecule has 2 rings (SSSR count). The lowest BCUT2D eigenvalue weighted by atomic mass is 10.0. The van der Waals surface area contributed by atoms with Crippen LogP contribution in [0.15, 0.2) is 4.52 Å². The average molecular weight is 253 g/mol. The number of hydrogen-bond donors (Lipinski definition) is 1. The Labute approximate surface area is 108 Å². The first-order chi connectivity index (χ1) is 8.62. The fourth-order valence-electron chi connectivity index (χ4n) is 2.14. The van der Waals surface area contributed by atoms with E-state index in [1.807, 2.05) is 14.0 Å². The molecule has 2 atom stereocenters. The number of likely N-dealkylation sites (N-methyl/N-ethyl adjacent to an activating group) is 1. The Morgan fingerprint density at radius 1 is 1.56 bits per heavy atom. The molecule has 0 aliphatic heterocycles. The van der Waals surface area contributed by atoms with Gasteiger partial charge in [0.2, 0.25) is 11.7 Å². The predicted molar refractivity (Wildman–Crippen MR) is 68.2 cm³/mol. The summed E-state index contributed by atoms with van der Waals surface area (Å²) in [7, 11) is 3.67. The Hall–Kier alpha value is -0.940. The summed E-state index contributed by atoms with van der Waals surface area (Å²) in [5, 5.41) is 7.39. The lowest BCUT2D eigenvalue weighted by Gasteiger charge is -2.21. The molecule has 0 spiro atoms. The summed E-state index contributed by atoms with van der Waals surface area (Å²) in [6.45, 7) is 4.04. The average Bonchev–Trinajstić information content (AvgIpc) is 3.14. The molecule has 0 saturated heterocycles. The minimum Gasteiger partial charge on any atom is -0.370 e. The summed E-state index contributed by atoms with van der Waals surface area (Å²) in [6.07, 6.45) is 4.23. The van der Waals surface area contributed by atoms with E-state index in [9.17, 15) is 0 Å². The molecule has 0 bridgehead atoms. The van der Waals surface area contributed by atoms with Crippen molar-refractivity contribution in [3.8, 4) is 0 Å². The first kappa shape index (κ1) is 13.5. The van der Waals surface area contributed by atoms with Gasteiger partial charge in [-0.15, -0.1) is 0 Å². The number of hydrogen-bond acceptors (Lipinski definition) is 5. The third-order valence-corrected chi connectivity index (χ3v) is 4.02.